The third kappa shape index (κ3) is 5.04. The predicted octanol–water partition coefficient (Wildman–Crippen LogP) is 4.28. The molecule has 2 atom stereocenters. The molecule has 1 aromatic heterocycles. The molecule has 0 saturated heterocycles. The Bertz CT molecular complexity index is 714. The molecule has 1 N–H and O–H groups in total. The van der Waals surface area contributed by atoms with Crippen LogP contribution in [0.15, 0.2) is 34.9 Å². The summed E-state index contributed by atoms with van der Waals surface area (Å²) in [6, 6.07) is 7.93. The van der Waals surface area contributed by atoms with Gasteiger partial charge in [0.2, 0.25) is 11.8 Å². The van der Waals surface area contributed by atoms with Crippen molar-refractivity contribution in [1.29, 1.82) is 0 Å². The summed E-state index contributed by atoms with van der Waals surface area (Å²) in [5.74, 6) is 3.20. The molecular weight excluding hydrogens is 348 g/mol. The Labute approximate surface area is 158 Å². The Hall–Kier alpha value is -1.95. The number of aromatic nitrogens is 1. The number of amides is 1. The largest absolute Gasteiger partial charge is 0.497 e. The molecule has 1 aromatic carbocycles. The molecule has 1 saturated carbocycles. The van der Waals surface area contributed by atoms with Gasteiger partial charge in [0.25, 0.3) is 0 Å². The third-order valence-corrected chi connectivity index (χ3v) is 5.80. The van der Waals surface area contributed by atoms with Crippen LogP contribution in [0, 0.1) is 5.92 Å². The van der Waals surface area contributed by atoms with Crippen molar-refractivity contribution in [2.45, 2.75) is 44.4 Å². The fourth-order valence-electron chi connectivity index (χ4n) is 3.27. The molecule has 1 aliphatic rings. The first-order valence-electron chi connectivity index (χ1n) is 9.11. The van der Waals surface area contributed by atoms with Gasteiger partial charge in [-0.25, -0.2) is 4.98 Å². The minimum absolute atomic E-state index is 0.118. The highest BCUT2D eigenvalue weighted by Crippen LogP contribution is 2.25. The van der Waals surface area contributed by atoms with Gasteiger partial charge in [-0.15, -0.1) is 11.8 Å². The maximum absolute atomic E-state index is 12.1. The number of nitrogens with zero attached hydrogens (tertiary/aromatic N) is 1. The Kier molecular flexibility index (Phi) is 6.61. The second-order valence-electron chi connectivity index (χ2n) is 6.80. The second kappa shape index (κ2) is 9.12. The summed E-state index contributed by atoms with van der Waals surface area (Å²) in [6.45, 7) is 2.23. The van der Waals surface area contributed by atoms with Crippen LogP contribution < -0.4 is 10.1 Å². The number of ether oxygens (including phenoxy) is 1. The first-order valence-corrected chi connectivity index (χ1v) is 10.3. The maximum atomic E-state index is 12.1. The molecule has 0 radical (unpaired) electrons. The zero-order valence-corrected chi connectivity index (χ0v) is 16.2. The lowest BCUT2D eigenvalue weighted by Crippen LogP contribution is -2.41. The van der Waals surface area contributed by atoms with E-state index in [2.05, 4.69) is 17.2 Å². The summed E-state index contributed by atoms with van der Waals surface area (Å²) in [7, 11) is 1.64. The van der Waals surface area contributed by atoms with Gasteiger partial charge in [-0.3, -0.25) is 4.79 Å². The van der Waals surface area contributed by atoms with E-state index < -0.39 is 0 Å². The number of hydrogen-bond acceptors (Lipinski definition) is 5. The van der Waals surface area contributed by atoms with Crippen molar-refractivity contribution in [2.75, 3.05) is 12.9 Å². The summed E-state index contributed by atoms with van der Waals surface area (Å²) in [4.78, 5) is 16.6. The molecule has 5 nitrogen and oxygen atoms in total. The Morgan fingerprint density at radius 2 is 2.08 bits per heavy atom. The van der Waals surface area contributed by atoms with E-state index in [-0.39, 0.29) is 5.91 Å². The first kappa shape index (κ1) is 18.8. The first-order chi connectivity index (χ1) is 12.7. The molecule has 140 valence electrons. The Balaban J connectivity index is 1.45. The van der Waals surface area contributed by atoms with Crippen LogP contribution in [-0.4, -0.2) is 29.8 Å². The molecule has 26 heavy (non-hydrogen) atoms. The molecule has 1 amide bonds. The van der Waals surface area contributed by atoms with Gasteiger partial charge in [-0.2, -0.15) is 0 Å². The lowest BCUT2D eigenvalue weighted by atomic mass is 9.86. The van der Waals surface area contributed by atoms with Crippen LogP contribution in [-0.2, 0) is 10.5 Å². The van der Waals surface area contributed by atoms with E-state index in [9.17, 15) is 4.79 Å². The summed E-state index contributed by atoms with van der Waals surface area (Å²) in [5, 5.41) is 3.18. The summed E-state index contributed by atoms with van der Waals surface area (Å²) < 4.78 is 10.7. The topological polar surface area (TPSA) is 64.4 Å². The number of benzene rings is 1. The average molecular weight is 375 g/mol. The molecular formula is C20H26N2O3S. The number of carbonyl (C=O) groups excluding carboxylic acids is 1. The van der Waals surface area contributed by atoms with Crippen LogP contribution in [0.5, 0.6) is 5.75 Å². The second-order valence-corrected chi connectivity index (χ2v) is 7.79. The minimum Gasteiger partial charge on any atom is -0.497 e. The normalized spacial score (nSPS) is 19.9. The molecule has 3 rings (SSSR count). The van der Waals surface area contributed by atoms with Gasteiger partial charge in [0.05, 0.1) is 18.6 Å². The van der Waals surface area contributed by atoms with Crippen molar-refractivity contribution < 1.29 is 13.9 Å². The number of oxazole rings is 1. The standard InChI is InChI=1S/C20H26N2O3S/c1-14-5-3-4-6-18(14)22-19(23)13-26-12-16-11-25-20(21-16)15-7-9-17(24-2)10-8-15/h7-11,14,18H,3-6,12-13H2,1-2H3,(H,22,23)/t14-,18-/m1/s1. The van der Waals surface area contributed by atoms with Crippen LogP contribution in [0.2, 0.25) is 0 Å². The van der Waals surface area contributed by atoms with Gasteiger partial charge in [-0.05, 0) is 43.0 Å². The van der Waals surface area contributed by atoms with E-state index >= 15 is 0 Å². The van der Waals surface area contributed by atoms with Crippen molar-refractivity contribution in [2.24, 2.45) is 5.92 Å². The zero-order chi connectivity index (χ0) is 18.4. The van der Waals surface area contributed by atoms with E-state index in [0.29, 0.717) is 29.4 Å². The fourth-order valence-corrected chi connectivity index (χ4v) is 3.98. The van der Waals surface area contributed by atoms with Crippen LogP contribution >= 0.6 is 11.8 Å². The van der Waals surface area contributed by atoms with Gasteiger partial charge in [0, 0.05) is 17.4 Å². The van der Waals surface area contributed by atoms with Crippen LogP contribution in [0.25, 0.3) is 11.5 Å². The summed E-state index contributed by atoms with van der Waals surface area (Å²) in [6.07, 6.45) is 6.48. The number of methoxy groups -OCH3 is 1. The van der Waals surface area contributed by atoms with Crippen LogP contribution in [0.1, 0.15) is 38.3 Å². The highest BCUT2D eigenvalue weighted by atomic mass is 32.2. The predicted molar refractivity (Wildman–Crippen MR) is 104 cm³/mol. The van der Waals surface area contributed by atoms with Crippen LogP contribution in [0.4, 0.5) is 0 Å². The Morgan fingerprint density at radius 3 is 2.81 bits per heavy atom. The van der Waals surface area contributed by atoms with Gasteiger partial charge in [0.1, 0.15) is 12.0 Å². The molecule has 1 fully saturated rings. The number of nitrogens with one attached hydrogen (secondary N) is 1. The molecule has 2 aromatic rings. The molecule has 6 heteroatoms. The van der Waals surface area contributed by atoms with Crippen molar-refractivity contribution in [3.63, 3.8) is 0 Å². The lowest BCUT2D eigenvalue weighted by Gasteiger charge is -2.29. The van der Waals surface area contributed by atoms with Crippen molar-refractivity contribution in [3.8, 4) is 17.2 Å². The quantitative estimate of drug-likeness (QED) is 0.784. The summed E-state index contributed by atoms with van der Waals surface area (Å²) in [5.41, 5.74) is 1.76. The maximum Gasteiger partial charge on any atom is 0.230 e. The molecule has 0 bridgehead atoms. The zero-order valence-electron chi connectivity index (χ0n) is 15.4. The van der Waals surface area contributed by atoms with Gasteiger partial charge in [0.15, 0.2) is 0 Å². The highest BCUT2D eigenvalue weighted by molar-refractivity contribution is 7.99. The van der Waals surface area contributed by atoms with E-state index in [1.807, 2.05) is 24.3 Å². The van der Waals surface area contributed by atoms with Gasteiger partial charge in [-0.1, -0.05) is 19.8 Å². The molecule has 1 aliphatic carbocycles. The minimum atomic E-state index is 0.118. The van der Waals surface area contributed by atoms with Gasteiger partial charge < -0.3 is 14.5 Å². The van der Waals surface area contributed by atoms with E-state index in [1.54, 1.807) is 25.1 Å². The highest BCUT2D eigenvalue weighted by Gasteiger charge is 2.22. The number of rotatable bonds is 7. The Morgan fingerprint density at radius 1 is 1.31 bits per heavy atom. The molecule has 0 spiro atoms. The van der Waals surface area contributed by atoms with E-state index in [4.69, 9.17) is 9.15 Å². The average Bonchev–Trinajstić information content (AvgIpc) is 3.12. The van der Waals surface area contributed by atoms with Crippen molar-refractivity contribution >= 4 is 17.7 Å². The smallest absolute Gasteiger partial charge is 0.230 e. The van der Waals surface area contributed by atoms with Crippen molar-refractivity contribution in [3.05, 3.63) is 36.2 Å². The van der Waals surface area contributed by atoms with E-state index in [0.717, 1.165) is 23.4 Å². The number of carbonyl (C=O) groups is 1. The van der Waals surface area contributed by atoms with Gasteiger partial charge >= 0.3 is 0 Å². The van der Waals surface area contributed by atoms with Crippen molar-refractivity contribution in [1.82, 2.24) is 10.3 Å². The monoisotopic (exact) mass is 374 g/mol. The van der Waals surface area contributed by atoms with E-state index in [1.165, 1.54) is 19.3 Å². The summed E-state index contributed by atoms with van der Waals surface area (Å²) >= 11 is 1.56. The fraction of sp³-hybridized carbons (Fsp3) is 0.500. The SMILES string of the molecule is COc1ccc(-c2nc(CSCC(=O)N[C@@H]3CCCC[C@H]3C)co2)cc1. The third-order valence-electron chi connectivity index (χ3n) is 4.83. The molecule has 0 unspecified atom stereocenters. The lowest BCUT2D eigenvalue weighted by molar-refractivity contribution is -0.119. The van der Waals surface area contributed by atoms with Crippen LogP contribution in [0.3, 0.4) is 0 Å². The number of hydrogen-bond donors (Lipinski definition) is 1. The molecule has 0 aliphatic heterocycles. The molecule has 1 heterocycles. The number of thioether (sulfide) groups is 1.